The summed E-state index contributed by atoms with van der Waals surface area (Å²) < 4.78 is 0. The summed E-state index contributed by atoms with van der Waals surface area (Å²) in [5.74, 6) is 0.963. The lowest BCUT2D eigenvalue weighted by molar-refractivity contribution is 0.704. The third-order valence-corrected chi connectivity index (χ3v) is 2.23. The molecule has 0 radical (unpaired) electrons. The number of hydrogen-bond acceptors (Lipinski definition) is 4. The maximum absolute atomic E-state index is 5.52. The minimum Gasteiger partial charge on any atom is -0.355 e. The molecule has 0 fully saturated rings. The first kappa shape index (κ1) is 11.9. The lowest BCUT2D eigenvalue weighted by Gasteiger charge is -2.22. The van der Waals surface area contributed by atoms with E-state index in [1.165, 1.54) is 0 Å². The fourth-order valence-electron chi connectivity index (χ4n) is 1.50. The van der Waals surface area contributed by atoms with Gasteiger partial charge in [-0.15, -0.1) is 5.10 Å². The van der Waals surface area contributed by atoms with E-state index in [0.29, 0.717) is 0 Å². The van der Waals surface area contributed by atoms with Crippen molar-refractivity contribution in [2.45, 2.75) is 26.7 Å². The summed E-state index contributed by atoms with van der Waals surface area (Å²) in [5.41, 5.74) is 6.67. The Balaban J connectivity index is 2.69. The molecule has 0 saturated carbocycles. The van der Waals surface area contributed by atoms with Gasteiger partial charge in [0.2, 0.25) is 0 Å². The first-order valence-electron chi connectivity index (χ1n) is 5.52. The van der Waals surface area contributed by atoms with Crippen molar-refractivity contribution in [3.05, 3.63) is 17.8 Å². The highest BCUT2D eigenvalue weighted by atomic mass is 15.3. The number of hydrogen-bond donors (Lipinski definition) is 1. The molecule has 0 unspecified atom stereocenters. The Morgan fingerprint density at radius 3 is 2.80 bits per heavy atom. The number of anilines is 1. The Morgan fingerprint density at radius 2 is 2.20 bits per heavy atom. The van der Waals surface area contributed by atoms with Gasteiger partial charge in [0.15, 0.2) is 5.82 Å². The molecule has 0 bridgehead atoms. The smallest absolute Gasteiger partial charge is 0.151 e. The highest BCUT2D eigenvalue weighted by molar-refractivity contribution is 5.38. The van der Waals surface area contributed by atoms with Crippen LogP contribution in [0.25, 0.3) is 0 Å². The summed E-state index contributed by atoms with van der Waals surface area (Å²) >= 11 is 0. The summed E-state index contributed by atoms with van der Waals surface area (Å²) in [7, 11) is 0. The third-order valence-electron chi connectivity index (χ3n) is 2.23. The zero-order chi connectivity index (χ0) is 11.1. The van der Waals surface area contributed by atoms with Crippen LogP contribution in [0.2, 0.25) is 0 Å². The highest BCUT2D eigenvalue weighted by Gasteiger charge is 2.06. The Labute approximate surface area is 91.5 Å². The van der Waals surface area contributed by atoms with Crippen LogP contribution >= 0.6 is 0 Å². The van der Waals surface area contributed by atoms with Gasteiger partial charge in [-0.3, -0.25) is 0 Å². The second-order valence-corrected chi connectivity index (χ2v) is 3.72. The highest BCUT2D eigenvalue weighted by Crippen LogP contribution is 2.11. The van der Waals surface area contributed by atoms with E-state index in [1.54, 1.807) is 6.20 Å². The van der Waals surface area contributed by atoms with E-state index in [-0.39, 0.29) is 0 Å². The Hall–Kier alpha value is -1.16. The first-order chi connectivity index (χ1) is 7.27. The fourth-order valence-corrected chi connectivity index (χ4v) is 1.50. The minimum absolute atomic E-state index is 0.722. The monoisotopic (exact) mass is 208 g/mol. The number of aryl methyl sites for hydroxylation is 1. The molecule has 84 valence electrons. The van der Waals surface area contributed by atoms with Gasteiger partial charge in [-0.2, -0.15) is 5.10 Å². The predicted octanol–water partition coefficient (Wildman–Crippen LogP) is 1.35. The van der Waals surface area contributed by atoms with Crippen molar-refractivity contribution in [2.75, 3.05) is 24.5 Å². The van der Waals surface area contributed by atoms with Crippen LogP contribution in [0.1, 0.15) is 25.3 Å². The molecule has 0 aliphatic carbocycles. The van der Waals surface area contributed by atoms with Gasteiger partial charge < -0.3 is 10.6 Å². The van der Waals surface area contributed by atoms with Gasteiger partial charge in [0, 0.05) is 13.1 Å². The lowest BCUT2D eigenvalue weighted by atomic mass is 10.3. The van der Waals surface area contributed by atoms with E-state index in [2.05, 4.69) is 28.1 Å². The topological polar surface area (TPSA) is 55.0 Å². The molecule has 15 heavy (non-hydrogen) atoms. The summed E-state index contributed by atoms with van der Waals surface area (Å²) in [6.45, 7) is 6.89. The summed E-state index contributed by atoms with van der Waals surface area (Å²) in [6.07, 6.45) is 3.88. The second kappa shape index (κ2) is 6.35. The van der Waals surface area contributed by atoms with Crippen LogP contribution in [-0.2, 0) is 0 Å². The van der Waals surface area contributed by atoms with E-state index < -0.39 is 0 Å². The average Bonchev–Trinajstić information content (AvgIpc) is 2.24. The molecule has 2 N–H and O–H groups in total. The summed E-state index contributed by atoms with van der Waals surface area (Å²) in [6, 6.07) is 2.07. The van der Waals surface area contributed by atoms with E-state index in [0.717, 1.165) is 43.9 Å². The van der Waals surface area contributed by atoms with Crippen molar-refractivity contribution < 1.29 is 0 Å². The van der Waals surface area contributed by atoms with E-state index in [1.807, 2.05) is 6.92 Å². The molecule has 1 aromatic rings. The summed E-state index contributed by atoms with van der Waals surface area (Å²) in [5, 5.41) is 8.12. The maximum Gasteiger partial charge on any atom is 0.151 e. The Kier molecular flexibility index (Phi) is 5.04. The largest absolute Gasteiger partial charge is 0.355 e. The first-order valence-corrected chi connectivity index (χ1v) is 5.52. The molecule has 1 aromatic heterocycles. The number of aromatic nitrogens is 2. The van der Waals surface area contributed by atoms with Crippen molar-refractivity contribution in [3.8, 4) is 0 Å². The predicted molar refractivity (Wildman–Crippen MR) is 62.9 cm³/mol. The zero-order valence-electron chi connectivity index (χ0n) is 9.61. The van der Waals surface area contributed by atoms with Crippen LogP contribution in [0.5, 0.6) is 0 Å². The van der Waals surface area contributed by atoms with Crippen molar-refractivity contribution >= 4 is 5.82 Å². The van der Waals surface area contributed by atoms with Crippen LogP contribution in [0, 0.1) is 6.92 Å². The molecule has 0 saturated heterocycles. The molecular formula is C11H20N4. The van der Waals surface area contributed by atoms with Crippen molar-refractivity contribution in [1.82, 2.24) is 10.2 Å². The van der Waals surface area contributed by atoms with Crippen LogP contribution in [0.15, 0.2) is 12.3 Å². The van der Waals surface area contributed by atoms with Crippen molar-refractivity contribution in [3.63, 3.8) is 0 Å². The van der Waals surface area contributed by atoms with Gasteiger partial charge in [0.05, 0.1) is 6.20 Å². The minimum atomic E-state index is 0.722. The van der Waals surface area contributed by atoms with Crippen LogP contribution in [0.4, 0.5) is 5.82 Å². The van der Waals surface area contributed by atoms with Crippen LogP contribution < -0.4 is 10.6 Å². The van der Waals surface area contributed by atoms with Gasteiger partial charge in [-0.05, 0) is 37.9 Å². The average molecular weight is 208 g/mol. The van der Waals surface area contributed by atoms with Crippen molar-refractivity contribution in [2.24, 2.45) is 5.73 Å². The maximum atomic E-state index is 5.52. The van der Waals surface area contributed by atoms with E-state index in [9.17, 15) is 0 Å². The standard InChI is InChI=1S/C11H20N4/c1-3-6-15(7-4-5-12)11-8-10(2)9-13-14-11/h8-9H,3-7,12H2,1-2H3. The van der Waals surface area contributed by atoms with Crippen molar-refractivity contribution in [1.29, 1.82) is 0 Å². The Morgan fingerprint density at radius 1 is 1.40 bits per heavy atom. The quantitative estimate of drug-likeness (QED) is 0.766. The Bertz CT molecular complexity index is 288. The SMILES string of the molecule is CCCN(CCCN)c1cc(C)cnn1. The molecule has 0 spiro atoms. The normalized spacial score (nSPS) is 10.3. The molecule has 0 atom stereocenters. The van der Waals surface area contributed by atoms with Gasteiger partial charge in [-0.25, -0.2) is 0 Å². The molecule has 0 aliphatic rings. The van der Waals surface area contributed by atoms with Gasteiger partial charge >= 0.3 is 0 Å². The molecule has 0 aromatic carbocycles. The van der Waals surface area contributed by atoms with Gasteiger partial charge in [0.25, 0.3) is 0 Å². The summed E-state index contributed by atoms with van der Waals surface area (Å²) in [4.78, 5) is 2.24. The van der Waals surface area contributed by atoms with Crippen LogP contribution in [-0.4, -0.2) is 29.8 Å². The van der Waals surface area contributed by atoms with Gasteiger partial charge in [-0.1, -0.05) is 6.92 Å². The molecule has 0 amide bonds. The molecule has 1 rings (SSSR count). The number of nitrogens with two attached hydrogens (primary N) is 1. The number of rotatable bonds is 6. The zero-order valence-corrected chi connectivity index (χ0v) is 9.61. The third kappa shape index (κ3) is 3.83. The second-order valence-electron chi connectivity index (χ2n) is 3.72. The molecule has 0 aliphatic heterocycles. The molecular weight excluding hydrogens is 188 g/mol. The fraction of sp³-hybridized carbons (Fsp3) is 0.636. The van der Waals surface area contributed by atoms with E-state index >= 15 is 0 Å². The van der Waals surface area contributed by atoms with Crippen LogP contribution in [0.3, 0.4) is 0 Å². The van der Waals surface area contributed by atoms with Gasteiger partial charge in [0.1, 0.15) is 0 Å². The molecule has 4 nitrogen and oxygen atoms in total. The molecule has 1 heterocycles. The van der Waals surface area contributed by atoms with E-state index in [4.69, 9.17) is 5.73 Å². The number of nitrogens with zero attached hydrogens (tertiary/aromatic N) is 3. The lowest BCUT2D eigenvalue weighted by Crippen LogP contribution is -2.28. The molecule has 4 heteroatoms.